The van der Waals surface area contributed by atoms with Crippen molar-refractivity contribution in [3.63, 3.8) is 0 Å². The van der Waals surface area contributed by atoms with Gasteiger partial charge in [0.05, 0.1) is 19.0 Å². The molecule has 1 saturated carbocycles. The highest BCUT2D eigenvalue weighted by Crippen LogP contribution is 2.41. The number of carbonyl (C=O) groups excluding carboxylic acids is 4. The molecule has 2 rings (SSSR count). The van der Waals surface area contributed by atoms with E-state index in [2.05, 4.69) is 4.98 Å². The summed E-state index contributed by atoms with van der Waals surface area (Å²) >= 11 is 0. The van der Waals surface area contributed by atoms with Crippen LogP contribution >= 0.6 is 0 Å². The Morgan fingerprint density at radius 2 is 1.74 bits per heavy atom. The smallest absolute Gasteiger partial charge is 0.303 e. The fourth-order valence-electron chi connectivity index (χ4n) is 3.19. The summed E-state index contributed by atoms with van der Waals surface area (Å²) in [5.74, 6) is -3.71. The number of hydrogen-bond donors (Lipinski definition) is 2. The molecule has 3 N–H and O–H groups in total. The van der Waals surface area contributed by atoms with Crippen molar-refractivity contribution in [2.75, 3.05) is 6.61 Å². The first-order valence-corrected chi connectivity index (χ1v) is 8.15. The first-order valence-electron chi connectivity index (χ1n) is 8.15. The highest BCUT2D eigenvalue weighted by molar-refractivity contribution is 5.93. The van der Waals surface area contributed by atoms with Gasteiger partial charge in [-0.2, -0.15) is 0 Å². The van der Waals surface area contributed by atoms with E-state index in [4.69, 9.17) is 19.9 Å². The lowest BCUT2D eigenvalue weighted by molar-refractivity contribution is -0.168. The highest BCUT2D eigenvalue weighted by atomic mass is 16.6. The molecule has 1 fully saturated rings. The second-order valence-corrected chi connectivity index (χ2v) is 6.20. The molecule has 0 spiro atoms. The van der Waals surface area contributed by atoms with Crippen LogP contribution < -0.4 is 5.73 Å². The van der Waals surface area contributed by atoms with Crippen LogP contribution in [0.15, 0.2) is 6.33 Å². The Morgan fingerprint density at radius 1 is 1.15 bits per heavy atom. The van der Waals surface area contributed by atoms with Gasteiger partial charge in [0.25, 0.3) is 5.91 Å². The summed E-state index contributed by atoms with van der Waals surface area (Å²) in [7, 11) is 0. The summed E-state index contributed by atoms with van der Waals surface area (Å²) < 4.78 is 16.9. The first kappa shape index (κ1) is 20.2. The number of primary amides is 1. The van der Waals surface area contributed by atoms with Crippen molar-refractivity contribution in [3.8, 4) is 5.88 Å². The highest BCUT2D eigenvalue weighted by Gasteiger charge is 2.49. The van der Waals surface area contributed by atoms with Crippen LogP contribution in [0.25, 0.3) is 0 Å². The molecule has 4 atom stereocenters. The summed E-state index contributed by atoms with van der Waals surface area (Å²) in [5.41, 5.74) is 4.81. The Bertz CT molecular complexity index is 759. The number of amides is 1. The number of carbonyl (C=O) groups is 4. The van der Waals surface area contributed by atoms with E-state index in [1.54, 1.807) is 0 Å². The van der Waals surface area contributed by atoms with Crippen LogP contribution in [0, 0.1) is 5.92 Å². The minimum Gasteiger partial charge on any atom is -0.493 e. The fraction of sp³-hybridized carbons (Fsp3) is 0.562. The van der Waals surface area contributed by atoms with Gasteiger partial charge in [-0.15, -0.1) is 0 Å². The standard InChI is InChI=1S/C16H21N3O8/c1-7(20)25-5-10-4-11(19-6-18-12(15(17)23)16(19)24)14(27-9(3)22)13(10)26-8(2)21/h6,10-11,13-14,24H,4-5H2,1-3H3,(H2,17,23). The van der Waals surface area contributed by atoms with Gasteiger partial charge < -0.3 is 25.1 Å². The maximum atomic E-state index is 11.6. The second-order valence-electron chi connectivity index (χ2n) is 6.20. The second kappa shape index (κ2) is 8.06. The Kier molecular flexibility index (Phi) is 6.03. The number of aromatic nitrogens is 2. The van der Waals surface area contributed by atoms with Crippen molar-refractivity contribution in [3.05, 3.63) is 12.0 Å². The van der Waals surface area contributed by atoms with Crippen molar-refractivity contribution >= 4 is 23.8 Å². The van der Waals surface area contributed by atoms with E-state index < -0.39 is 53.9 Å². The largest absolute Gasteiger partial charge is 0.493 e. The summed E-state index contributed by atoms with van der Waals surface area (Å²) in [4.78, 5) is 49.3. The van der Waals surface area contributed by atoms with Crippen LogP contribution in [0.3, 0.4) is 0 Å². The molecule has 1 aliphatic rings. The van der Waals surface area contributed by atoms with E-state index in [0.29, 0.717) is 0 Å². The molecule has 1 aliphatic carbocycles. The molecule has 0 bridgehead atoms. The van der Waals surface area contributed by atoms with Crippen molar-refractivity contribution in [1.82, 2.24) is 9.55 Å². The summed E-state index contributed by atoms with van der Waals surface area (Å²) in [6.45, 7) is 3.53. The van der Waals surface area contributed by atoms with Gasteiger partial charge in [0, 0.05) is 26.7 Å². The lowest BCUT2D eigenvalue weighted by atomic mass is 10.1. The molecule has 1 amide bonds. The Hall–Kier alpha value is -3.11. The average Bonchev–Trinajstić information content (AvgIpc) is 3.06. The molecular weight excluding hydrogens is 362 g/mol. The molecular formula is C16H21N3O8. The molecule has 1 heterocycles. The summed E-state index contributed by atoms with van der Waals surface area (Å²) in [6, 6.07) is -0.723. The monoisotopic (exact) mass is 383 g/mol. The summed E-state index contributed by atoms with van der Waals surface area (Å²) in [6.07, 6.45) is -0.525. The Labute approximate surface area is 154 Å². The molecule has 4 unspecified atom stereocenters. The van der Waals surface area contributed by atoms with Crippen molar-refractivity contribution in [1.29, 1.82) is 0 Å². The zero-order valence-electron chi connectivity index (χ0n) is 15.1. The third-order valence-corrected chi connectivity index (χ3v) is 4.17. The number of hydrogen-bond acceptors (Lipinski definition) is 9. The number of nitrogens with zero attached hydrogens (tertiary/aromatic N) is 2. The van der Waals surface area contributed by atoms with Gasteiger partial charge in [-0.3, -0.25) is 23.7 Å². The third-order valence-electron chi connectivity index (χ3n) is 4.17. The van der Waals surface area contributed by atoms with E-state index in [1.807, 2.05) is 0 Å². The minimum atomic E-state index is -0.993. The van der Waals surface area contributed by atoms with Crippen LogP contribution in [-0.2, 0) is 28.6 Å². The molecule has 148 valence electrons. The zero-order chi connectivity index (χ0) is 20.3. The van der Waals surface area contributed by atoms with Crippen LogP contribution in [-0.4, -0.2) is 57.3 Å². The van der Waals surface area contributed by atoms with Crippen molar-refractivity contribution < 1.29 is 38.5 Å². The van der Waals surface area contributed by atoms with Crippen LogP contribution in [0.2, 0.25) is 0 Å². The SMILES string of the molecule is CC(=O)OCC1CC(n2cnc(C(N)=O)c2O)C(OC(C)=O)C1OC(C)=O. The van der Waals surface area contributed by atoms with Gasteiger partial charge in [-0.25, -0.2) is 4.98 Å². The topological polar surface area (TPSA) is 160 Å². The van der Waals surface area contributed by atoms with Crippen LogP contribution in [0.5, 0.6) is 5.88 Å². The lowest BCUT2D eigenvalue weighted by Crippen LogP contribution is -2.38. The quantitative estimate of drug-likeness (QED) is 0.495. The Balaban J connectivity index is 2.41. The molecule has 11 heteroatoms. The van der Waals surface area contributed by atoms with Crippen LogP contribution in [0.1, 0.15) is 43.7 Å². The number of esters is 3. The number of ether oxygens (including phenoxy) is 3. The molecule has 1 aromatic rings. The predicted octanol–water partition coefficient (Wildman–Crippen LogP) is -0.325. The maximum Gasteiger partial charge on any atom is 0.303 e. The predicted molar refractivity (Wildman–Crippen MR) is 87.3 cm³/mol. The third kappa shape index (κ3) is 4.54. The molecule has 0 aromatic carbocycles. The fourth-order valence-corrected chi connectivity index (χ4v) is 3.19. The van der Waals surface area contributed by atoms with Gasteiger partial charge in [-0.1, -0.05) is 0 Å². The van der Waals surface area contributed by atoms with Gasteiger partial charge in [0.2, 0.25) is 5.88 Å². The average molecular weight is 383 g/mol. The number of imidazole rings is 1. The van der Waals surface area contributed by atoms with E-state index in [1.165, 1.54) is 31.7 Å². The van der Waals surface area contributed by atoms with E-state index in [-0.39, 0.29) is 18.7 Å². The van der Waals surface area contributed by atoms with Gasteiger partial charge >= 0.3 is 17.9 Å². The van der Waals surface area contributed by atoms with E-state index in [9.17, 15) is 24.3 Å². The molecule has 0 radical (unpaired) electrons. The van der Waals surface area contributed by atoms with E-state index >= 15 is 0 Å². The van der Waals surface area contributed by atoms with Crippen LogP contribution in [0.4, 0.5) is 0 Å². The molecule has 27 heavy (non-hydrogen) atoms. The Morgan fingerprint density at radius 3 is 2.22 bits per heavy atom. The van der Waals surface area contributed by atoms with Crippen molar-refractivity contribution in [2.24, 2.45) is 11.7 Å². The molecule has 0 aliphatic heterocycles. The van der Waals surface area contributed by atoms with Gasteiger partial charge in [0.1, 0.15) is 6.10 Å². The van der Waals surface area contributed by atoms with Gasteiger partial charge in [0.15, 0.2) is 11.8 Å². The number of nitrogens with two attached hydrogens (primary N) is 1. The molecule has 0 saturated heterocycles. The van der Waals surface area contributed by atoms with E-state index in [0.717, 1.165) is 0 Å². The lowest BCUT2D eigenvalue weighted by Gasteiger charge is -2.26. The minimum absolute atomic E-state index is 0.0837. The number of aromatic hydroxyl groups is 1. The van der Waals surface area contributed by atoms with Crippen molar-refractivity contribution in [2.45, 2.75) is 45.4 Å². The normalized spacial score (nSPS) is 24.3. The van der Waals surface area contributed by atoms with Gasteiger partial charge in [-0.05, 0) is 6.42 Å². The number of rotatable bonds is 6. The molecule has 11 nitrogen and oxygen atoms in total. The molecule has 1 aromatic heterocycles. The summed E-state index contributed by atoms with van der Waals surface area (Å²) in [5, 5.41) is 10.3. The maximum absolute atomic E-state index is 11.6. The zero-order valence-corrected chi connectivity index (χ0v) is 15.1. The first-order chi connectivity index (χ1) is 12.6.